The van der Waals surface area contributed by atoms with E-state index in [4.69, 9.17) is 5.11 Å². The zero-order valence-corrected chi connectivity index (χ0v) is 8.91. The molecule has 3 N–H and O–H groups in total. The number of aliphatic hydroxyl groups excluding tert-OH is 2. The van der Waals surface area contributed by atoms with Gasteiger partial charge < -0.3 is 15.5 Å². The number of hydrogen-bond donors (Lipinski definition) is 3. The fourth-order valence-electron chi connectivity index (χ4n) is 2.19. The molecule has 1 unspecified atom stereocenters. The van der Waals surface area contributed by atoms with Gasteiger partial charge in [0.05, 0.1) is 6.10 Å². The van der Waals surface area contributed by atoms with E-state index >= 15 is 0 Å². The third-order valence-corrected chi connectivity index (χ3v) is 2.97. The SMILES string of the molecule is OCCCNCC(O)CC1CCCC1. The molecule has 0 spiro atoms. The summed E-state index contributed by atoms with van der Waals surface area (Å²) < 4.78 is 0. The van der Waals surface area contributed by atoms with Gasteiger partial charge in [0.15, 0.2) is 0 Å². The molecule has 0 aromatic heterocycles. The molecule has 0 amide bonds. The van der Waals surface area contributed by atoms with Gasteiger partial charge in [0, 0.05) is 13.2 Å². The van der Waals surface area contributed by atoms with Gasteiger partial charge in [-0.1, -0.05) is 25.7 Å². The third-order valence-electron chi connectivity index (χ3n) is 2.97. The molecule has 0 radical (unpaired) electrons. The Morgan fingerprint density at radius 2 is 2.00 bits per heavy atom. The molecule has 0 aromatic rings. The Balaban J connectivity index is 1.95. The lowest BCUT2D eigenvalue weighted by Gasteiger charge is -2.15. The predicted octanol–water partition coefficient (Wildman–Crippen LogP) is 0.900. The van der Waals surface area contributed by atoms with Gasteiger partial charge in [-0.25, -0.2) is 0 Å². The minimum atomic E-state index is -0.197. The maximum absolute atomic E-state index is 9.68. The molecule has 0 bridgehead atoms. The summed E-state index contributed by atoms with van der Waals surface area (Å²) in [5.41, 5.74) is 0. The van der Waals surface area contributed by atoms with E-state index in [0.29, 0.717) is 6.54 Å². The third kappa shape index (κ3) is 4.94. The molecule has 14 heavy (non-hydrogen) atoms. The quantitative estimate of drug-likeness (QED) is 0.536. The molecule has 0 aliphatic heterocycles. The number of hydrogen-bond acceptors (Lipinski definition) is 3. The summed E-state index contributed by atoms with van der Waals surface area (Å²) in [6.07, 6.45) is 6.81. The summed E-state index contributed by atoms with van der Waals surface area (Å²) >= 11 is 0. The highest BCUT2D eigenvalue weighted by atomic mass is 16.3. The average molecular weight is 201 g/mol. The van der Waals surface area contributed by atoms with Crippen molar-refractivity contribution in [1.82, 2.24) is 5.32 Å². The lowest BCUT2D eigenvalue weighted by atomic mass is 10.0. The summed E-state index contributed by atoms with van der Waals surface area (Å²) in [4.78, 5) is 0. The summed E-state index contributed by atoms with van der Waals surface area (Å²) in [5.74, 6) is 0.754. The van der Waals surface area contributed by atoms with Crippen molar-refractivity contribution in [3.05, 3.63) is 0 Å². The van der Waals surface area contributed by atoms with Crippen molar-refractivity contribution in [2.24, 2.45) is 5.92 Å². The zero-order chi connectivity index (χ0) is 10.2. The van der Waals surface area contributed by atoms with Crippen molar-refractivity contribution in [2.45, 2.75) is 44.6 Å². The average Bonchev–Trinajstić information content (AvgIpc) is 2.65. The van der Waals surface area contributed by atoms with Crippen LogP contribution < -0.4 is 5.32 Å². The molecule has 1 aliphatic rings. The topological polar surface area (TPSA) is 52.5 Å². The summed E-state index contributed by atoms with van der Waals surface area (Å²) in [7, 11) is 0. The first-order valence-electron chi connectivity index (χ1n) is 5.82. The van der Waals surface area contributed by atoms with Crippen LogP contribution in [0.4, 0.5) is 0 Å². The highest BCUT2D eigenvalue weighted by Crippen LogP contribution is 2.28. The van der Waals surface area contributed by atoms with E-state index in [2.05, 4.69) is 5.32 Å². The van der Waals surface area contributed by atoms with Gasteiger partial charge in [-0.05, 0) is 25.3 Å². The maximum Gasteiger partial charge on any atom is 0.0667 e. The molecule has 3 heteroatoms. The summed E-state index contributed by atoms with van der Waals surface area (Å²) in [6.45, 7) is 1.71. The Morgan fingerprint density at radius 1 is 1.29 bits per heavy atom. The Morgan fingerprint density at radius 3 is 2.64 bits per heavy atom. The fourth-order valence-corrected chi connectivity index (χ4v) is 2.19. The molecule has 1 saturated carbocycles. The lowest BCUT2D eigenvalue weighted by molar-refractivity contribution is 0.140. The molecule has 0 heterocycles. The van der Waals surface area contributed by atoms with Crippen molar-refractivity contribution in [3.8, 4) is 0 Å². The van der Waals surface area contributed by atoms with Crippen LogP contribution >= 0.6 is 0 Å². The van der Waals surface area contributed by atoms with Crippen molar-refractivity contribution in [2.75, 3.05) is 19.7 Å². The van der Waals surface area contributed by atoms with Gasteiger partial charge in [-0.3, -0.25) is 0 Å². The van der Waals surface area contributed by atoms with Crippen LogP contribution in [0.15, 0.2) is 0 Å². The molecule has 1 atom stereocenters. The van der Waals surface area contributed by atoms with Crippen LogP contribution in [0.1, 0.15) is 38.5 Å². The van der Waals surface area contributed by atoms with Gasteiger partial charge in [-0.2, -0.15) is 0 Å². The van der Waals surface area contributed by atoms with Crippen LogP contribution in [-0.4, -0.2) is 36.0 Å². The standard InChI is InChI=1S/C11H23NO2/c13-7-3-6-12-9-11(14)8-10-4-1-2-5-10/h10-14H,1-9H2. The Bertz CT molecular complexity index is 135. The molecular formula is C11H23NO2. The van der Waals surface area contributed by atoms with E-state index in [1.807, 2.05) is 0 Å². The van der Waals surface area contributed by atoms with Crippen LogP contribution in [0.5, 0.6) is 0 Å². The number of rotatable bonds is 7. The van der Waals surface area contributed by atoms with Crippen LogP contribution in [-0.2, 0) is 0 Å². The molecule has 0 aromatic carbocycles. The van der Waals surface area contributed by atoms with Crippen molar-refractivity contribution in [3.63, 3.8) is 0 Å². The van der Waals surface area contributed by atoms with E-state index in [9.17, 15) is 5.11 Å². The minimum absolute atomic E-state index is 0.197. The van der Waals surface area contributed by atoms with Gasteiger partial charge in [0.25, 0.3) is 0 Å². The number of aliphatic hydroxyl groups is 2. The van der Waals surface area contributed by atoms with E-state index in [1.54, 1.807) is 0 Å². The van der Waals surface area contributed by atoms with Gasteiger partial charge >= 0.3 is 0 Å². The zero-order valence-electron chi connectivity index (χ0n) is 8.91. The Kier molecular flexibility index (Phi) is 6.15. The van der Waals surface area contributed by atoms with E-state index in [1.165, 1.54) is 25.7 Å². The van der Waals surface area contributed by atoms with Gasteiger partial charge in [0.1, 0.15) is 0 Å². The second-order valence-corrected chi connectivity index (χ2v) is 4.32. The van der Waals surface area contributed by atoms with Crippen molar-refractivity contribution >= 4 is 0 Å². The monoisotopic (exact) mass is 201 g/mol. The molecule has 84 valence electrons. The molecular weight excluding hydrogens is 178 g/mol. The predicted molar refractivity (Wildman–Crippen MR) is 57.2 cm³/mol. The van der Waals surface area contributed by atoms with E-state index in [0.717, 1.165) is 25.3 Å². The van der Waals surface area contributed by atoms with Gasteiger partial charge in [0.2, 0.25) is 0 Å². The van der Waals surface area contributed by atoms with Gasteiger partial charge in [-0.15, -0.1) is 0 Å². The normalized spacial score (nSPS) is 20.1. The van der Waals surface area contributed by atoms with E-state index in [-0.39, 0.29) is 12.7 Å². The highest BCUT2D eigenvalue weighted by molar-refractivity contribution is 4.72. The van der Waals surface area contributed by atoms with Crippen molar-refractivity contribution < 1.29 is 10.2 Å². The molecule has 1 aliphatic carbocycles. The fraction of sp³-hybridized carbons (Fsp3) is 1.00. The molecule has 1 rings (SSSR count). The van der Waals surface area contributed by atoms with Crippen molar-refractivity contribution in [1.29, 1.82) is 0 Å². The lowest BCUT2D eigenvalue weighted by Crippen LogP contribution is -2.29. The van der Waals surface area contributed by atoms with Crippen LogP contribution in [0.2, 0.25) is 0 Å². The van der Waals surface area contributed by atoms with Crippen LogP contribution in [0, 0.1) is 5.92 Å². The minimum Gasteiger partial charge on any atom is -0.396 e. The Hall–Kier alpha value is -0.120. The first-order valence-corrected chi connectivity index (χ1v) is 5.82. The second-order valence-electron chi connectivity index (χ2n) is 4.32. The smallest absolute Gasteiger partial charge is 0.0667 e. The summed E-state index contributed by atoms with van der Waals surface area (Å²) in [5, 5.41) is 21.4. The number of nitrogens with one attached hydrogen (secondary N) is 1. The Labute approximate surface area is 86.5 Å². The van der Waals surface area contributed by atoms with Crippen LogP contribution in [0.3, 0.4) is 0 Å². The van der Waals surface area contributed by atoms with E-state index < -0.39 is 0 Å². The molecule has 0 saturated heterocycles. The second kappa shape index (κ2) is 7.21. The maximum atomic E-state index is 9.68. The first kappa shape index (κ1) is 12.0. The molecule has 3 nitrogen and oxygen atoms in total. The van der Waals surface area contributed by atoms with Crippen LogP contribution in [0.25, 0.3) is 0 Å². The highest BCUT2D eigenvalue weighted by Gasteiger charge is 2.18. The first-order chi connectivity index (χ1) is 6.83. The molecule has 1 fully saturated rings. The largest absolute Gasteiger partial charge is 0.396 e. The summed E-state index contributed by atoms with van der Waals surface area (Å²) in [6, 6.07) is 0.